The van der Waals surface area contributed by atoms with Gasteiger partial charge in [0, 0.05) is 54.6 Å². The molecule has 0 radical (unpaired) electrons. The summed E-state index contributed by atoms with van der Waals surface area (Å²) in [5, 5.41) is 6.42. The van der Waals surface area contributed by atoms with Gasteiger partial charge in [-0.25, -0.2) is 15.0 Å². The molecular formula is C55H33N7O. The highest BCUT2D eigenvalue weighted by atomic mass is 16.3. The van der Waals surface area contributed by atoms with Crippen molar-refractivity contribution < 1.29 is 4.42 Å². The number of benzene rings is 8. The monoisotopic (exact) mass is 807 g/mol. The minimum Gasteiger partial charge on any atom is -0.456 e. The van der Waals surface area contributed by atoms with Crippen molar-refractivity contribution in [1.29, 1.82) is 0 Å². The molecule has 63 heavy (non-hydrogen) atoms. The van der Waals surface area contributed by atoms with E-state index < -0.39 is 0 Å². The molecule has 0 spiro atoms. The van der Waals surface area contributed by atoms with Gasteiger partial charge in [-0.3, -0.25) is 9.13 Å². The van der Waals surface area contributed by atoms with Gasteiger partial charge in [0.15, 0.2) is 11.6 Å². The Morgan fingerprint density at radius 3 is 1.33 bits per heavy atom. The molecule has 0 saturated carbocycles. The van der Waals surface area contributed by atoms with Crippen LogP contribution in [-0.4, -0.2) is 34.1 Å². The summed E-state index contributed by atoms with van der Waals surface area (Å²) in [5.74, 6) is 2.22. The summed E-state index contributed by atoms with van der Waals surface area (Å²) in [7, 11) is 0. The molecule has 0 aliphatic carbocycles. The standard InChI is InChI=1S/C55H33N7O/c1-4-16-34(17-5-1)44-33-45(37-28-29-41-40-24-12-15-27-48(40)63-49(41)32-37)57-54(56-44)61-46-25-13-10-22-38(46)42-30-31-43-39-23-11-14-26-47(39)62(51(43)50(42)61)55-59-52(35-18-6-2-7-19-35)58-53(60-55)36-20-8-3-9-21-36/h1-33H. The van der Waals surface area contributed by atoms with Crippen LogP contribution in [0.5, 0.6) is 0 Å². The Labute approximate surface area is 360 Å². The van der Waals surface area contributed by atoms with Crippen LogP contribution < -0.4 is 0 Å². The van der Waals surface area contributed by atoms with Gasteiger partial charge in [0.2, 0.25) is 11.9 Å². The van der Waals surface area contributed by atoms with E-state index in [9.17, 15) is 0 Å². The number of aromatic nitrogens is 7. The fraction of sp³-hybridized carbons (Fsp3) is 0. The molecule has 13 rings (SSSR count). The zero-order valence-corrected chi connectivity index (χ0v) is 33.6. The van der Waals surface area contributed by atoms with E-state index in [1.54, 1.807) is 0 Å². The highest BCUT2D eigenvalue weighted by Gasteiger charge is 2.25. The molecule has 0 amide bonds. The second kappa shape index (κ2) is 13.9. The van der Waals surface area contributed by atoms with Gasteiger partial charge in [-0.05, 0) is 36.4 Å². The zero-order chi connectivity index (χ0) is 41.4. The first kappa shape index (κ1) is 35.0. The summed E-state index contributed by atoms with van der Waals surface area (Å²) in [4.78, 5) is 26.5. The Hall–Kier alpha value is -8.75. The van der Waals surface area contributed by atoms with Crippen LogP contribution in [0.15, 0.2) is 205 Å². The van der Waals surface area contributed by atoms with Crippen LogP contribution in [-0.2, 0) is 0 Å². The van der Waals surface area contributed by atoms with E-state index in [-0.39, 0.29) is 0 Å². The molecule has 8 heteroatoms. The molecule has 0 aliphatic heterocycles. The van der Waals surface area contributed by atoms with Gasteiger partial charge in [-0.15, -0.1) is 0 Å². The lowest BCUT2D eigenvalue weighted by atomic mass is 10.1. The van der Waals surface area contributed by atoms with Crippen LogP contribution in [0.1, 0.15) is 0 Å². The molecule has 8 nitrogen and oxygen atoms in total. The van der Waals surface area contributed by atoms with E-state index >= 15 is 0 Å². The van der Waals surface area contributed by atoms with Gasteiger partial charge >= 0.3 is 0 Å². The highest BCUT2D eigenvalue weighted by molar-refractivity contribution is 6.23. The van der Waals surface area contributed by atoms with E-state index in [2.05, 4.69) is 112 Å². The maximum atomic E-state index is 6.38. The number of hydrogen-bond donors (Lipinski definition) is 0. The van der Waals surface area contributed by atoms with Crippen LogP contribution in [0.4, 0.5) is 0 Å². The van der Waals surface area contributed by atoms with Crippen molar-refractivity contribution in [3.63, 3.8) is 0 Å². The fourth-order valence-electron chi connectivity index (χ4n) is 9.14. The molecule has 0 unspecified atom stereocenters. The Morgan fingerprint density at radius 1 is 0.302 bits per heavy atom. The van der Waals surface area contributed by atoms with Crippen molar-refractivity contribution in [3.05, 3.63) is 200 Å². The van der Waals surface area contributed by atoms with Crippen molar-refractivity contribution in [3.8, 4) is 57.2 Å². The van der Waals surface area contributed by atoms with Gasteiger partial charge in [0.1, 0.15) is 11.2 Å². The summed E-state index contributed by atoms with van der Waals surface area (Å²) >= 11 is 0. The van der Waals surface area contributed by atoms with Gasteiger partial charge in [-0.1, -0.05) is 164 Å². The summed E-state index contributed by atoms with van der Waals surface area (Å²) in [6, 6.07) is 68.5. The number of hydrogen-bond acceptors (Lipinski definition) is 6. The van der Waals surface area contributed by atoms with Crippen molar-refractivity contribution in [2.24, 2.45) is 0 Å². The van der Waals surface area contributed by atoms with E-state index in [0.717, 1.165) is 99.2 Å². The Morgan fingerprint density at radius 2 is 0.746 bits per heavy atom. The predicted octanol–water partition coefficient (Wildman–Crippen LogP) is 13.4. The SMILES string of the molecule is c1ccc(-c2cc(-c3ccc4c(c3)oc3ccccc34)nc(-n3c4ccccc4c4ccc5c6ccccc6n(-c6nc(-c7ccccc7)nc(-c7ccccc7)n6)c5c43)n2)cc1. The predicted molar refractivity (Wildman–Crippen MR) is 253 cm³/mol. The second-order valence-corrected chi connectivity index (χ2v) is 15.7. The zero-order valence-electron chi connectivity index (χ0n) is 33.6. The first-order chi connectivity index (χ1) is 31.2. The lowest BCUT2D eigenvalue weighted by Gasteiger charge is -2.14. The van der Waals surface area contributed by atoms with Gasteiger partial charge in [0.05, 0.1) is 33.5 Å². The molecule has 5 aromatic heterocycles. The minimum absolute atomic E-state index is 0.511. The van der Waals surface area contributed by atoms with Crippen LogP contribution in [0.25, 0.3) is 123 Å². The topological polar surface area (TPSA) is 87.5 Å². The van der Waals surface area contributed by atoms with Crippen LogP contribution >= 0.6 is 0 Å². The summed E-state index contributed by atoms with van der Waals surface area (Å²) in [6.07, 6.45) is 0. The third-order valence-electron chi connectivity index (χ3n) is 12.0. The van der Waals surface area contributed by atoms with Gasteiger partial charge in [0.25, 0.3) is 0 Å². The Bertz CT molecular complexity index is 3850. The fourth-order valence-corrected chi connectivity index (χ4v) is 9.14. The van der Waals surface area contributed by atoms with Gasteiger partial charge < -0.3 is 4.42 Å². The molecule has 8 aromatic carbocycles. The van der Waals surface area contributed by atoms with Gasteiger partial charge in [-0.2, -0.15) is 9.97 Å². The number of rotatable bonds is 6. The quantitative estimate of drug-likeness (QED) is 0.166. The van der Waals surface area contributed by atoms with E-state index in [1.807, 2.05) is 97.1 Å². The lowest BCUT2D eigenvalue weighted by molar-refractivity contribution is 0.669. The molecule has 0 atom stereocenters. The molecule has 0 fully saturated rings. The first-order valence-electron chi connectivity index (χ1n) is 20.9. The molecule has 294 valence electrons. The van der Waals surface area contributed by atoms with Crippen LogP contribution in [0, 0.1) is 0 Å². The molecular weight excluding hydrogens is 775 g/mol. The van der Waals surface area contributed by atoms with Crippen molar-refractivity contribution >= 4 is 65.6 Å². The van der Waals surface area contributed by atoms with Crippen molar-refractivity contribution in [2.45, 2.75) is 0 Å². The summed E-state index contributed by atoms with van der Waals surface area (Å²) < 4.78 is 10.8. The lowest BCUT2D eigenvalue weighted by Crippen LogP contribution is -2.08. The number of para-hydroxylation sites is 3. The average Bonchev–Trinajstić information content (AvgIpc) is 4.02. The van der Waals surface area contributed by atoms with E-state index in [0.29, 0.717) is 23.5 Å². The van der Waals surface area contributed by atoms with Crippen molar-refractivity contribution in [1.82, 2.24) is 34.1 Å². The Balaban J connectivity index is 1.14. The Kier molecular flexibility index (Phi) is 7.74. The third-order valence-corrected chi connectivity index (χ3v) is 12.0. The highest BCUT2D eigenvalue weighted by Crippen LogP contribution is 2.42. The van der Waals surface area contributed by atoms with Crippen LogP contribution in [0.2, 0.25) is 0 Å². The molecule has 13 aromatic rings. The largest absolute Gasteiger partial charge is 0.456 e. The second-order valence-electron chi connectivity index (χ2n) is 15.7. The first-order valence-corrected chi connectivity index (χ1v) is 20.9. The molecule has 0 saturated heterocycles. The molecule has 5 heterocycles. The number of fused-ring (bicyclic) bond motifs is 10. The molecule has 0 aliphatic rings. The average molecular weight is 808 g/mol. The minimum atomic E-state index is 0.511. The van der Waals surface area contributed by atoms with E-state index in [4.69, 9.17) is 29.3 Å². The smallest absolute Gasteiger partial charge is 0.238 e. The summed E-state index contributed by atoms with van der Waals surface area (Å²) in [5.41, 5.74) is 10.8. The van der Waals surface area contributed by atoms with Crippen LogP contribution in [0.3, 0.4) is 0 Å². The summed E-state index contributed by atoms with van der Waals surface area (Å²) in [6.45, 7) is 0. The number of nitrogens with zero attached hydrogens (tertiary/aromatic N) is 7. The normalized spacial score (nSPS) is 11.8. The molecule has 0 N–H and O–H groups in total. The maximum Gasteiger partial charge on any atom is 0.238 e. The third kappa shape index (κ3) is 5.58. The molecule has 0 bridgehead atoms. The number of furan rings is 1. The van der Waals surface area contributed by atoms with E-state index in [1.165, 1.54) is 0 Å². The van der Waals surface area contributed by atoms with Crippen molar-refractivity contribution in [2.75, 3.05) is 0 Å². The maximum absolute atomic E-state index is 6.38.